The van der Waals surface area contributed by atoms with Gasteiger partial charge in [-0.2, -0.15) is 0 Å². The molecule has 0 saturated heterocycles. The summed E-state index contributed by atoms with van der Waals surface area (Å²) in [6.45, 7) is 5.43. The summed E-state index contributed by atoms with van der Waals surface area (Å²) in [5.74, 6) is -0.236. The van der Waals surface area contributed by atoms with E-state index >= 15 is 0 Å². The van der Waals surface area contributed by atoms with Gasteiger partial charge in [0.1, 0.15) is 22.8 Å². The fraction of sp³-hybridized carbons (Fsp3) is 0.333. The predicted molar refractivity (Wildman–Crippen MR) is 93.4 cm³/mol. The molecule has 0 aliphatic carbocycles. The molecule has 0 atom stereocenters. The monoisotopic (exact) mass is 365 g/mol. The van der Waals surface area contributed by atoms with E-state index in [0.717, 1.165) is 0 Å². The molecule has 0 spiro atoms. The van der Waals surface area contributed by atoms with Gasteiger partial charge in [0, 0.05) is 12.1 Å². The number of amides is 1. The lowest BCUT2D eigenvalue weighted by atomic mass is 10.1. The van der Waals surface area contributed by atoms with Crippen LogP contribution in [-0.4, -0.2) is 35.0 Å². The predicted octanol–water partition coefficient (Wildman–Crippen LogP) is 4.00. The van der Waals surface area contributed by atoms with E-state index in [1.807, 2.05) is 13.8 Å². The van der Waals surface area contributed by atoms with Crippen molar-refractivity contribution in [3.8, 4) is 5.75 Å². The molecule has 0 fully saturated rings. The quantitative estimate of drug-likeness (QED) is 0.836. The number of rotatable bonds is 6. The molecular weight excluding hydrogens is 346 g/mol. The van der Waals surface area contributed by atoms with Crippen molar-refractivity contribution in [1.82, 2.24) is 4.90 Å². The van der Waals surface area contributed by atoms with Crippen LogP contribution >= 0.6 is 11.6 Å². The van der Waals surface area contributed by atoms with E-state index in [1.165, 1.54) is 11.0 Å². The molecule has 0 bridgehead atoms. The highest BCUT2D eigenvalue weighted by Gasteiger charge is 2.21. The minimum absolute atomic E-state index is 0.0856. The molecule has 2 rings (SSSR count). The van der Waals surface area contributed by atoms with Gasteiger partial charge in [0.15, 0.2) is 0 Å². The first-order valence-corrected chi connectivity index (χ1v) is 8.11. The second-order valence-electron chi connectivity index (χ2n) is 5.96. The minimum atomic E-state index is -1.07. The Labute approximate surface area is 150 Å². The van der Waals surface area contributed by atoms with Crippen molar-refractivity contribution in [2.24, 2.45) is 0 Å². The number of aromatic carboxylic acids is 1. The molecule has 1 amide bonds. The zero-order valence-electron chi connectivity index (χ0n) is 14.5. The van der Waals surface area contributed by atoms with Gasteiger partial charge in [-0.05, 0) is 45.0 Å². The molecule has 1 heterocycles. The zero-order chi connectivity index (χ0) is 18.7. The number of carbonyl (C=O) groups is 2. The molecular formula is C18H20ClNO5. The van der Waals surface area contributed by atoms with Crippen LogP contribution in [0.5, 0.6) is 5.75 Å². The Balaban J connectivity index is 2.24. The van der Waals surface area contributed by atoms with Crippen LogP contribution in [0.2, 0.25) is 5.02 Å². The average molecular weight is 366 g/mol. The van der Waals surface area contributed by atoms with E-state index in [4.69, 9.17) is 25.9 Å². The third-order valence-corrected chi connectivity index (χ3v) is 3.71. The lowest BCUT2D eigenvalue weighted by Gasteiger charge is -2.19. The number of carbonyl (C=O) groups excluding carboxylic acids is 1. The van der Waals surface area contributed by atoms with Crippen molar-refractivity contribution in [3.05, 3.63) is 51.9 Å². The number of halogens is 1. The Bertz CT molecular complexity index is 797. The smallest absolute Gasteiger partial charge is 0.339 e. The Kier molecular flexibility index (Phi) is 5.74. The number of carboxylic acids is 1. The van der Waals surface area contributed by atoms with Crippen LogP contribution in [0.1, 0.15) is 46.1 Å². The van der Waals surface area contributed by atoms with E-state index in [1.54, 1.807) is 32.2 Å². The molecule has 0 radical (unpaired) electrons. The summed E-state index contributed by atoms with van der Waals surface area (Å²) < 4.78 is 11.1. The largest absolute Gasteiger partial charge is 0.490 e. The summed E-state index contributed by atoms with van der Waals surface area (Å²) in [5.41, 5.74) is 0.424. The normalized spacial score (nSPS) is 10.8. The van der Waals surface area contributed by atoms with Gasteiger partial charge in [-0.25, -0.2) is 4.79 Å². The molecule has 25 heavy (non-hydrogen) atoms. The lowest BCUT2D eigenvalue weighted by Crippen LogP contribution is -2.27. The third kappa shape index (κ3) is 4.54. The summed E-state index contributed by atoms with van der Waals surface area (Å²) in [6.07, 6.45) is -0.0936. The van der Waals surface area contributed by atoms with E-state index in [2.05, 4.69) is 0 Å². The number of aryl methyl sites for hydroxylation is 1. The van der Waals surface area contributed by atoms with Gasteiger partial charge in [-0.3, -0.25) is 4.79 Å². The van der Waals surface area contributed by atoms with Crippen molar-refractivity contribution in [2.45, 2.75) is 33.4 Å². The fourth-order valence-electron chi connectivity index (χ4n) is 2.37. The number of hydrogen-bond donors (Lipinski definition) is 1. The Hall–Kier alpha value is -2.47. The molecule has 2 aromatic rings. The topological polar surface area (TPSA) is 80.0 Å². The fourth-order valence-corrected chi connectivity index (χ4v) is 2.54. The molecule has 0 aliphatic heterocycles. The highest BCUT2D eigenvalue weighted by Crippen LogP contribution is 2.26. The second kappa shape index (κ2) is 7.61. The van der Waals surface area contributed by atoms with Gasteiger partial charge in [-0.15, -0.1) is 0 Å². The van der Waals surface area contributed by atoms with Crippen LogP contribution in [0.3, 0.4) is 0 Å². The molecule has 134 valence electrons. The van der Waals surface area contributed by atoms with E-state index in [0.29, 0.717) is 27.9 Å². The number of benzene rings is 1. The number of hydrogen-bond acceptors (Lipinski definition) is 4. The van der Waals surface area contributed by atoms with Gasteiger partial charge in [-0.1, -0.05) is 11.6 Å². The number of nitrogens with zero attached hydrogens (tertiary/aromatic N) is 1. The van der Waals surface area contributed by atoms with Crippen molar-refractivity contribution in [2.75, 3.05) is 7.05 Å². The summed E-state index contributed by atoms with van der Waals surface area (Å²) >= 11 is 6.01. The number of ether oxygens (including phenoxy) is 1. The summed E-state index contributed by atoms with van der Waals surface area (Å²) in [5, 5.41) is 9.51. The highest BCUT2D eigenvalue weighted by atomic mass is 35.5. The molecule has 0 aliphatic rings. The number of furan rings is 1. The molecule has 1 aromatic carbocycles. The first-order valence-electron chi connectivity index (χ1n) is 7.73. The van der Waals surface area contributed by atoms with Crippen LogP contribution < -0.4 is 4.74 Å². The van der Waals surface area contributed by atoms with Crippen LogP contribution in [-0.2, 0) is 6.54 Å². The van der Waals surface area contributed by atoms with Gasteiger partial charge in [0.05, 0.1) is 18.2 Å². The SMILES string of the molecule is Cc1oc(CN(C)C(=O)c2cc(Cl)ccc2OC(C)C)cc1C(=O)O. The Morgan fingerprint density at radius 1 is 1.28 bits per heavy atom. The van der Waals surface area contributed by atoms with Crippen molar-refractivity contribution in [1.29, 1.82) is 0 Å². The van der Waals surface area contributed by atoms with Gasteiger partial charge < -0.3 is 19.2 Å². The minimum Gasteiger partial charge on any atom is -0.490 e. The molecule has 0 saturated carbocycles. The van der Waals surface area contributed by atoms with Crippen molar-refractivity contribution < 1.29 is 23.8 Å². The highest BCUT2D eigenvalue weighted by molar-refractivity contribution is 6.31. The average Bonchev–Trinajstić information content (AvgIpc) is 2.88. The molecule has 6 nitrogen and oxygen atoms in total. The molecule has 7 heteroatoms. The van der Waals surface area contributed by atoms with Gasteiger partial charge in [0.2, 0.25) is 0 Å². The maximum atomic E-state index is 12.8. The Morgan fingerprint density at radius 3 is 2.52 bits per heavy atom. The molecule has 1 aromatic heterocycles. The summed E-state index contributed by atoms with van der Waals surface area (Å²) in [7, 11) is 1.60. The first-order chi connectivity index (χ1) is 11.7. The van der Waals surface area contributed by atoms with Crippen LogP contribution in [0, 0.1) is 6.92 Å². The van der Waals surface area contributed by atoms with Gasteiger partial charge in [0.25, 0.3) is 5.91 Å². The lowest BCUT2D eigenvalue weighted by molar-refractivity contribution is 0.0694. The summed E-state index contributed by atoms with van der Waals surface area (Å²) in [4.78, 5) is 25.3. The zero-order valence-corrected chi connectivity index (χ0v) is 15.3. The Morgan fingerprint density at radius 2 is 1.96 bits per heavy atom. The number of carboxylic acid groups (broad SMARTS) is 1. The molecule has 1 N–H and O–H groups in total. The summed E-state index contributed by atoms with van der Waals surface area (Å²) in [6, 6.07) is 6.28. The first kappa shape index (κ1) is 18.9. The maximum Gasteiger partial charge on any atom is 0.339 e. The second-order valence-corrected chi connectivity index (χ2v) is 6.39. The van der Waals surface area contributed by atoms with Crippen LogP contribution in [0.15, 0.2) is 28.7 Å². The molecule has 0 unspecified atom stereocenters. The van der Waals surface area contributed by atoms with E-state index in [9.17, 15) is 9.59 Å². The van der Waals surface area contributed by atoms with Crippen LogP contribution in [0.4, 0.5) is 0 Å². The standard InChI is InChI=1S/C18H20ClNO5/c1-10(2)24-16-6-5-12(19)7-15(16)17(21)20(4)9-13-8-14(18(22)23)11(3)25-13/h5-8,10H,9H2,1-4H3,(H,22,23). The van der Waals surface area contributed by atoms with Gasteiger partial charge >= 0.3 is 5.97 Å². The third-order valence-electron chi connectivity index (χ3n) is 3.47. The van der Waals surface area contributed by atoms with Crippen molar-refractivity contribution in [3.63, 3.8) is 0 Å². The van der Waals surface area contributed by atoms with E-state index < -0.39 is 5.97 Å². The van der Waals surface area contributed by atoms with Crippen LogP contribution in [0.25, 0.3) is 0 Å². The van der Waals surface area contributed by atoms with Crippen molar-refractivity contribution >= 4 is 23.5 Å². The van der Waals surface area contributed by atoms with E-state index in [-0.39, 0.29) is 24.1 Å². The maximum absolute atomic E-state index is 12.8.